The molecule has 0 rings (SSSR count). The van der Waals surface area contributed by atoms with Crippen molar-refractivity contribution in [2.75, 3.05) is 13.2 Å². The van der Waals surface area contributed by atoms with Gasteiger partial charge in [-0.3, -0.25) is 0 Å². The third-order valence-corrected chi connectivity index (χ3v) is 0.524. The van der Waals surface area contributed by atoms with Gasteiger partial charge in [0.05, 0.1) is 0 Å². The van der Waals surface area contributed by atoms with E-state index in [0.717, 1.165) is 0 Å². The predicted octanol–water partition coefficient (Wildman–Crippen LogP) is -1.27. The smallest absolute Gasteiger partial charge is 0.550 e. The number of rotatable bonds is 2. The maximum absolute atomic E-state index is 9.27. The van der Waals surface area contributed by atoms with Crippen LogP contribution in [0.1, 0.15) is 13.8 Å². The first-order chi connectivity index (χ1) is 5.54. The molecule has 0 radical (unpaired) electrons. The Labute approximate surface area is 88.6 Å². The van der Waals surface area contributed by atoms with Crippen LogP contribution in [0.15, 0.2) is 0 Å². The number of carbonyl (C=O) groups excluding carboxylic acids is 2. The standard InChI is InChI=1S/2C3H6O3.Zn/c2*1-2-6-3(4)5;/h2*2H2,1H3,(H,4,5);/q;;+2/p-2. The molecule has 0 N–H and O–H groups in total. The van der Waals surface area contributed by atoms with Gasteiger partial charge in [0.25, 0.3) is 12.3 Å². The third kappa shape index (κ3) is 35.2. The van der Waals surface area contributed by atoms with Crippen molar-refractivity contribution < 1.29 is 48.8 Å². The Morgan fingerprint density at radius 2 is 1.23 bits per heavy atom. The van der Waals surface area contributed by atoms with Crippen LogP contribution in [0.4, 0.5) is 9.59 Å². The second-order valence-electron chi connectivity index (χ2n) is 1.37. The zero-order chi connectivity index (χ0) is 9.98. The summed E-state index contributed by atoms with van der Waals surface area (Å²) >= 11 is 0. The molecule has 0 aromatic carbocycles. The van der Waals surface area contributed by atoms with Gasteiger partial charge in [-0.1, -0.05) is 0 Å². The van der Waals surface area contributed by atoms with E-state index in [0.29, 0.717) is 0 Å². The molecule has 0 saturated carbocycles. The molecule has 0 aliphatic rings. The first kappa shape index (κ1) is 18.1. The Bertz CT molecular complexity index is 121. The number of ether oxygens (including phenoxy) is 2. The van der Waals surface area contributed by atoms with E-state index in [4.69, 9.17) is 0 Å². The molecule has 0 atom stereocenters. The summed E-state index contributed by atoms with van der Waals surface area (Å²) < 4.78 is 7.69. The minimum absolute atomic E-state index is 0. The quantitative estimate of drug-likeness (QED) is 0.443. The Hall–Kier alpha value is -0.837. The molecule has 0 fully saturated rings. The number of hydrogen-bond donors (Lipinski definition) is 0. The van der Waals surface area contributed by atoms with Crippen LogP contribution in [0.25, 0.3) is 0 Å². The summed E-state index contributed by atoms with van der Waals surface area (Å²) in [6, 6.07) is 0. The predicted molar refractivity (Wildman–Crippen MR) is 34.0 cm³/mol. The molecular formula is C6H10O6Zn. The number of hydrogen-bond acceptors (Lipinski definition) is 6. The fourth-order valence-electron chi connectivity index (χ4n) is 0.236. The van der Waals surface area contributed by atoms with Crippen LogP contribution >= 0.6 is 0 Å². The molecule has 0 saturated heterocycles. The van der Waals surface area contributed by atoms with E-state index in [1.165, 1.54) is 0 Å². The Kier molecular flexibility index (Phi) is 19.1. The summed E-state index contributed by atoms with van der Waals surface area (Å²) in [7, 11) is 0. The average Bonchev–Trinajstić information content (AvgIpc) is 1.87. The van der Waals surface area contributed by atoms with E-state index in [1.54, 1.807) is 13.8 Å². The van der Waals surface area contributed by atoms with Crippen LogP contribution in [0.3, 0.4) is 0 Å². The van der Waals surface area contributed by atoms with Gasteiger partial charge in [0.2, 0.25) is 0 Å². The molecule has 13 heavy (non-hydrogen) atoms. The molecule has 72 valence electrons. The zero-order valence-corrected chi connectivity index (χ0v) is 10.5. The van der Waals surface area contributed by atoms with Crippen molar-refractivity contribution in [2.45, 2.75) is 13.8 Å². The molecule has 6 nitrogen and oxygen atoms in total. The van der Waals surface area contributed by atoms with Gasteiger partial charge in [-0.25, -0.2) is 0 Å². The monoisotopic (exact) mass is 242 g/mol. The Morgan fingerprint density at radius 1 is 1.00 bits per heavy atom. The van der Waals surface area contributed by atoms with Crippen molar-refractivity contribution in [2.24, 2.45) is 0 Å². The molecule has 0 aromatic rings. The molecule has 0 aliphatic carbocycles. The van der Waals surface area contributed by atoms with E-state index in [1.807, 2.05) is 0 Å². The minimum Gasteiger partial charge on any atom is -0.550 e. The fraction of sp³-hybridized carbons (Fsp3) is 0.667. The number of carboxylic acid groups (broad SMARTS) is 2. The second-order valence-corrected chi connectivity index (χ2v) is 1.37. The molecule has 0 spiro atoms. The van der Waals surface area contributed by atoms with E-state index >= 15 is 0 Å². The van der Waals surface area contributed by atoms with Crippen molar-refractivity contribution in [3.05, 3.63) is 0 Å². The van der Waals surface area contributed by atoms with E-state index in [2.05, 4.69) is 9.47 Å². The van der Waals surface area contributed by atoms with Gasteiger partial charge in [0.1, 0.15) is 0 Å². The number of carbonyl (C=O) groups is 2. The van der Waals surface area contributed by atoms with Gasteiger partial charge < -0.3 is 29.3 Å². The van der Waals surface area contributed by atoms with Gasteiger partial charge in [-0.05, 0) is 13.8 Å². The maximum atomic E-state index is 9.27. The van der Waals surface area contributed by atoms with Crippen molar-refractivity contribution in [1.29, 1.82) is 0 Å². The molecule has 7 heteroatoms. The van der Waals surface area contributed by atoms with Gasteiger partial charge in [0, 0.05) is 13.2 Å². The first-order valence-corrected chi connectivity index (χ1v) is 3.22. The molecule has 0 amide bonds. The molecule has 0 heterocycles. The van der Waals surface area contributed by atoms with Crippen LogP contribution in [0.2, 0.25) is 0 Å². The van der Waals surface area contributed by atoms with Crippen LogP contribution < -0.4 is 10.2 Å². The van der Waals surface area contributed by atoms with Gasteiger partial charge in [0.15, 0.2) is 0 Å². The summed E-state index contributed by atoms with van der Waals surface area (Å²) in [5.41, 5.74) is 0. The van der Waals surface area contributed by atoms with Crippen LogP contribution in [-0.2, 0) is 29.0 Å². The average molecular weight is 244 g/mol. The van der Waals surface area contributed by atoms with Crippen molar-refractivity contribution in [3.8, 4) is 0 Å². The summed E-state index contributed by atoms with van der Waals surface area (Å²) in [6.45, 7) is 3.50. The molecule has 0 unspecified atom stereocenters. The Balaban J connectivity index is -0.000000143. The van der Waals surface area contributed by atoms with Gasteiger partial charge in [-0.15, -0.1) is 0 Å². The van der Waals surface area contributed by atoms with Gasteiger partial charge >= 0.3 is 19.5 Å². The minimum atomic E-state index is -1.46. The van der Waals surface area contributed by atoms with Crippen LogP contribution in [0.5, 0.6) is 0 Å². The topological polar surface area (TPSA) is 98.7 Å². The first-order valence-electron chi connectivity index (χ1n) is 3.22. The molecular weight excluding hydrogens is 233 g/mol. The van der Waals surface area contributed by atoms with Gasteiger partial charge in [-0.2, -0.15) is 0 Å². The third-order valence-electron chi connectivity index (χ3n) is 0.524. The fourth-order valence-corrected chi connectivity index (χ4v) is 0.236. The normalized spacial score (nSPS) is 6.92. The molecule has 0 aromatic heterocycles. The summed E-state index contributed by atoms with van der Waals surface area (Å²) in [4.78, 5) is 18.5. The van der Waals surface area contributed by atoms with Crippen molar-refractivity contribution in [3.63, 3.8) is 0 Å². The summed E-state index contributed by atoms with van der Waals surface area (Å²) in [5.74, 6) is 0. The molecule has 0 aliphatic heterocycles. The molecule has 0 bridgehead atoms. The van der Waals surface area contributed by atoms with Crippen molar-refractivity contribution >= 4 is 12.3 Å². The van der Waals surface area contributed by atoms with E-state index in [-0.39, 0.29) is 32.7 Å². The largest absolute Gasteiger partial charge is 2.00 e. The van der Waals surface area contributed by atoms with Crippen LogP contribution in [0, 0.1) is 0 Å². The summed E-state index contributed by atoms with van der Waals surface area (Å²) in [6.07, 6.45) is -2.92. The maximum Gasteiger partial charge on any atom is 2.00 e. The summed E-state index contributed by atoms with van der Waals surface area (Å²) in [5, 5.41) is 18.5. The van der Waals surface area contributed by atoms with E-state index < -0.39 is 12.3 Å². The SMILES string of the molecule is CCOC(=O)[O-].CCOC(=O)[O-].[Zn+2]. The second kappa shape index (κ2) is 13.7. The van der Waals surface area contributed by atoms with E-state index in [9.17, 15) is 19.8 Å². The Morgan fingerprint density at radius 3 is 1.23 bits per heavy atom. The zero-order valence-electron chi connectivity index (χ0n) is 7.57. The van der Waals surface area contributed by atoms with Crippen LogP contribution in [-0.4, -0.2) is 25.5 Å². The van der Waals surface area contributed by atoms with Crippen molar-refractivity contribution in [1.82, 2.24) is 0 Å².